The molecule has 0 atom stereocenters. The minimum Gasteiger partial charge on any atom is -0.468 e. The maximum Gasteiger partial charge on any atom is 0.148 e. The molecule has 3 heteroatoms. The Morgan fingerprint density at radius 2 is 2.33 bits per heavy atom. The van der Waals surface area contributed by atoms with Crippen LogP contribution in [0.15, 0.2) is 22.8 Å². The van der Waals surface area contributed by atoms with Gasteiger partial charge in [-0.1, -0.05) is 0 Å². The summed E-state index contributed by atoms with van der Waals surface area (Å²) in [7, 11) is 0. The number of Topliss-reactive ketones (excluding diaryl/α,β-unsaturated/α-hetero) is 1. The van der Waals surface area contributed by atoms with Crippen molar-refractivity contribution in [3.05, 3.63) is 24.2 Å². The number of ketones is 1. The van der Waals surface area contributed by atoms with Crippen LogP contribution in [0.2, 0.25) is 0 Å². The van der Waals surface area contributed by atoms with Crippen molar-refractivity contribution in [2.24, 2.45) is 0 Å². The highest BCUT2D eigenvalue weighted by molar-refractivity contribution is 5.88. The van der Waals surface area contributed by atoms with Gasteiger partial charge >= 0.3 is 0 Å². The third-order valence-corrected chi connectivity index (χ3v) is 2.36. The van der Waals surface area contributed by atoms with Crippen LogP contribution in [-0.4, -0.2) is 19.0 Å². The van der Waals surface area contributed by atoms with Crippen LogP contribution >= 0.6 is 0 Å². The molecule has 1 aliphatic rings. The lowest BCUT2D eigenvalue weighted by atomic mass is 9.80. The molecular weight excluding hydrogens is 156 g/mol. The van der Waals surface area contributed by atoms with Gasteiger partial charge in [-0.15, -0.1) is 0 Å². The van der Waals surface area contributed by atoms with Gasteiger partial charge in [-0.05, 0) is 19.1 Å². The van der Waals surface area contributed by atoms with Gasteiger partial charge in [0, 0.05) is 0 Å². The molecule has 0 amide bonds. The fourth-order valence-electron chi connectivity index (χ4n) is 1.38. The second-order valence-corrected chi connectivity index (χ2v) is 3.11. The second kappa shape index (κ2) is 2.45. The number of carbonyl (C=O) groups is 1. The Morgan fingerprint density at radius 1 is 1.58 bits per heavy atom. The lowest BCUT2D eigenvalue weighted by Gasteiger charge is -2.37. The topological polar surface area (TPSA) is 39.4 Å². The van der Waals surface area contributed by atoms with E-state index in [0.717, 1.165) is 5.76 Å². The number of ether oxygens (including phenoxy) is 1. The summed E-state index contributed by atoms with van der Waals surface area (Å²) in [6, 6.07) is 3.61. The highest BCUT2D eigenvalue weighted by Gasteiger charge is 2.47. The second-order valence-electron chi connectivity index (χ2n) is 3.11. The molecule has 1 saturated heterocycles. The molecule has 1 aromatic heterocycles. The Kier molecular flexibility index (Phi) is 1.54. The Balaban J connectivity index is 2.35. The monoisotopic (exact) mass is 166 g/mol. The zero-order valence-corrected chi connectivity index (χ0v) is 6.87. The van der Waals surface area contributed by atoms with Crippen molar-refractivity contribution >= 4 is 5.78 Å². The van der Waals surface area contributed by atoms with Crippen molar-refractivity contribution in [2.45, 2.75) is 12.3 Å². The average Bonchev–Trinajstić information content (AvgIpc) is 2.35. The van der Waals surface area contributed by atoms with Crippen molar-refractivity contribution < 1.29 is 13.9 Å². The first-order chi connectivity index (χ1) is 5.76. The maximum atomic E-state index is 11.3. The van der Waals surface area contributed by atoms with Crippen LogP contribution < -0.4 is 0 Å². The van der Waals surface area contributed by atoms with Crippen molar-refractivity contribution in [1.82, 2.24) is 0 Å². The summed E-state index contributed by atoms with van der Waals surface area (Å²) < 4.78 is 10.2. The number of rotatable bonds is 2. The van der Waals surface area contributed by atoms with Gasteiger partial charge < -0.3 is 9.15 Å². The summed E-state index contributed by atoms with van der Waals surface area (Å²) in [6.07, 6.45) is 1.58. The molecule has 1 aromatic rings. The lowest BCUT2D eigenvalue weighted by molar-refractivity contribution is -0.142. The molecule has 3 nitrogen and oxygen atoms in total. The van der Waals surface area contributed by atoms with E-state index in [1.165, 1.54) is 0 Å². The summed E-state index contributed by atoms with van der Waals surface area (Å²) >= 11 is 0. The largest absolute Gasteiger partial charge is 0.468 e. The van der Waals surface area contributed by atoms with E-state index in [1.54, 1.807) is 19.3 Å². The normalized spacial score (nSPS) is 20.1. The third kappa shape index (κ3) is 0.830. The van der Waals surface area contributed by atoms with Crippen molar-refractivity contribution in [3.63, 3.8) is 0 Å². The van der Waals surface area contributed by atoms with E-state index < -0.39 is 5.41 Å². The molecule has 0 aliphatic carbocycles. The quantitative estimate of drug-likeness (QED) is 0.661. The van der Waals surface area contributed by atoms with Gasteiger partial charge in [-0.3, -0.25) is 4.79 Å². The zero-order chi connectivity index (χ0) is 8.60. The first kappa shape index (κ1) is 7.55. The van der Waals surface area contributed by atoms with Gasteiger partial charge in [-0.2, -0.15) is 0 Å². The minimum atomic E-state index is -0.483. The predicted molar refractivity (Wildman–Crippen MR) is 41.9 cm³/mol. The van der Waals surface area contributed by atoms with Crippen LogP contribution in [0.1, 0.15) is 12.7 Å². The van der Waals surface area contributed by atoms with Gasteiger partial charge in [0.05, 0.1) is 19.5 Å². The van der Waals surface area contributed by atoms with E-state index >= 15 is 0 Å². The first-order valence-corrected chi connectivity index (χ1v) is 3.88. The van der Waals surface area contributed by atoms with Crippen LogP contribution in [-0.2, 0) is 14.9 Å². The SMILES string of the molecule is CC(=O)C1(c2ccco2)COC1. The zero-order valence-electron chi connectivity index (χ0n) is 6.87. The molecule has 0 radical (unpaired) electrons. The predicted octanol–water partition coefficient (Wildman–Crippen LogP) is 1.14. The number of furan rings is 1. The molecule has 0 N–H and O–H groups in total. The van der Waals surface area contributed by atoms with E-state index in [4.69, 9.17) is 9.15 Å². The molecule has 0 unspecified atom stereocenters. The van der Waals surface area contributed by atoms with Crippen LogP contribution in [0.3, 0.4) is 0 Å². The van der Waals surface area contributed by atoms with Crippen LogP contribution in [0.5, 0.6) is 0 Å². The summed E-state index contributed by atoms with van der Waals surface area (Å²) in [5.74, 6) is 0.838. The number of carbonyl (C=O) groups excluding carboxylic acids is 1. The van der Waals surface area contributed by atoms with E-state index in [1.807, 2.05) is 6.07 Å². The molecule has 2 rings (SSSR count). The molecular formula is C9H10O3. The van der Waals surface area contributed by atoms with Crippen molar-refractivity contribution in [1.29, 1.82) is 0 Å². The highest BCUT2D eigenvalue weighted by Crippen LogP contribution is 2.33. The Hall–Kier alpha value is -1.09. The molecule has 1 fully saturated rings. The number of hydrogen-bond donors (Lipinski definition) is 0. The summed E-state index contributed by atoms with van der Waals surface area (Å²) in [6.45, 7) is 2.48. The number of hydrogen-bond acceptors (Lipinski definition) is 3. The summed E-state index contributed by atoms with van der Waals surface area (Å²) in [5.41, 5.74) is -0.483. The minimum absolute atomic E-state index is 0.115. The smallest absolute Gasteiger partial charge is 0.148 e. The molecule has 64 valence electrons. The average molecular weight is 166 g/mol. The Morgan fingerprint density at radius 3 is 2.67 bits per heavy atom. The van der Waals surface area contributed by atoms with Gasteiger partial charge in [0.25, 0.3) is 0 Å². The van der Waals surface area contributed by atoms with E-state index in [9.17, 15) is 4.79 Å². The molecule has 0 bridgehead atoms. The van der Waals surface area contributed by atoms with E-state index in [2.05, 4.69) is 0 Å². The van der Waals surface area contributed by atoms with Crippen LogP contribution in [0.25, 0.3) is 0 Å². The lowest BCUT2D eigenvalue weighted by Crippen LogP contribution is -2.51. The molecule has 12 heavy (non-hydrogen) atoms. The van der Waals surface area contributed by atoms with Crippen molar-refractivity contribution in [3.8, 4) is 0 Å². The van der Waals surface area contributed by atoms with Crippen molar-refractivity contribution in [2.75, 3.05) is 13.2 Å². The third-order valence-electron chi connectivity index (χ3n) is 2.36. The first-order valence-electron chi connectivity index (χ1n) is 3.88. The Labute approximate surface area is 70.3 Å². The summed E-state index contributed by atoms with van der Waals surface area (Å²) in [5, 5.41) is 0. The fourth-order valence-corrected chi connectivity index (χ4v) is 1.38. The van der Waals surface area contributed by atoms with E-state index in [-0.39, 0.29) is 5.78 Å². The van der Waals surface area contributed by atoms with Gasteiger partial charge in [-0.25, -0.2) is 0 Å². The summed E-state index contributed by atoms with van der Waals surface area (Å²) in [4.78, 5) is 11.3. The molecule has 2 heterocycles. The molecule has 0 saturated carbocycles. The van der Waals surface area contributed by atoms with E-state index in [0.29, 0.717) is 13.2 Å². The molecule has 0 spiro atoms. The molecule has 1 aliphatic heterocycles. The highest BCUT2D eigenvalue weighted by atomic mass is 16.5. The van der Waals surface area contributed by atoms with Gasteiger partial charge in [0.15, 0.2) is 0 Å². The standard InChI is InChI=1S/C9H10O3/c1-7(10)9(5-11-6-9)8-3-2-4-12-8/h2-4H,5-6H2,1H3. The Bertz CT molecular complexity index is 283. The van der Waals surface area contributed by atoms with Gasteiger partial charge in [0.2, 0.25) is 0 Å². The van der Waals surface area contributed by atoms with Crippen LogP contribution in [0.4, 0.5) is 0 Å². The fraction of sp³-hybridized carbons (Fsp3) is 0.444. The van der Waals surface area contributed by atoms with Gasteiger partial charge in [0.1, 0.15) is 17.0 Å². The van der Waals surface area contributed by atoms with Crippen LogP contribution in [0, 0.1) is 0 Å². The molecule has 0 aromatic carbocycles. The maximum absolute atomic E-state index is 11.3.